The van der Waals surface area contributed by atoms with Gasteiger partial charge in [-0.05, 0) is 30.4 Å². The highest BCUT2D eigenvalue weighted by molar-refractivity contribution is 5.78. The van der Waals surface area contributed by atoms with Crippen molar-refractivity contribution in [3.05, 3.63) is 35.4 Å². The van der Waals surface area contributed by atoms with E-state index in [-0.39, 0.29) is 5.91 Å². The Labute approximate surface area is 123 Å². The molecule has 1 aliphatic rings. The molecular weight excluding hydrogens is 246 g/mol. The Morgan fingerprint density at radius 3 is 2.15 bits per heavy atom. The van der Waals surface area contributed by atoms with E-state index in [2.05, 4.69) is 36.5 Å². The molecule has 1 aromatic rings. The number of rotatable bonds is 4. The molecule has 0 heterocycles. The fraction of sp³-hybridized carbons (Fsp3) is 0.611. The lowest BCUT2D eigenvalue weighted by molar-refractivity contribution is -0.121. The molecular formula is C18H27NO. The second-order valence-electron chi connectivity index (χ2n) is 5.96. The number of nitrogens with one attached hydrogen (secondary N) is 1. The van der Waals surface area contributed by atoms with Crippen molar-refractivity contribution in [1.82, 2.24) is 5.32 Å². The third-order valence-corrected chi connectivity index (χ3v) is 4.27. The summed E-state index contributed by atoms with van der Waals surface area (Å²) >= 11 is 0. The third-order valence-electron chi connectivity index (χ3n) is 4.27. The average molecular weight is 273 g/mol. The first-order valence-corrected chi connectivity index (χ1v) is 8.15. The highest BCUT2D eigenvalue weighted by atomic mass is 16.1. The smallest absolute Gasteiger partial charge is 0.224 e. The highest BCUT2D eigenvalue weighted by Crippen LogP contribution is 2.17. The minimum atomic E-state index is 0.180. The standard InChI is InChI=1S/C18H27NO/c1-2-15-10-12-16(13-11-15)14-18(20)19-17-8-6-4-3-5-7-9-17/h10-13,17H,2-9,14H2,1H3,(H,19,20). The van der Waals surface area contributed by atoms with Crippen molar-refractivity contribution in [2.45, 2.75) is 70.8 Å². The number of hydrogen-bond donors (Lipinski definition) is 1. The molecule has 0 aromatic heterocycles. The Bertz CT molecular complexity index is 402. The van der Waals surface area contributed by atoms with Gasteiger partial charge in [-0.25, -0.2) is 0 Å². The van der Waals surface area contributed by atoms with Gasteiger partial charge in [0.25, 0.3) is 0 Å². The lowest BCUT2D eigenvalue weighted by Gasteiger charge is -2.21. The van der Waals surface area contributed by atoms with Crippen LogP contribution in [0.2, 0.25) is 0 Å². The fourth-order valence-electron chi connectivity index (χ4n) is 2.96. The van der Waals surface area contributed by atoms with E-state index in [1.54, 1.807) is 0 Å². The molecule has 0 spiro atoms. The quantitative estimate of drug-likeness (QED) is 0.882. The molecule has 0 unspecified atom stereocenters. The van der Waals surface area contributed by atoms with Gasteiger partial charge in [-0.2, -0.15) is 0 Å². The maximum absolute atomic E-state index is 12.1. The zero-order valence-corrected chi connectivity index (χ0v) is 12.7. The van der Waals surface area contributed by atoms with Gasteiger partial charge >= 0.3 is 0 Å². The van der Waals surface area contributed by atoms with Crippen molar-refractivity contribution in [2.24, 2.45) is 0 Å². The summed E-state index contributed by atoms with van der Waals surface area (Å²) in [6.45, 7) is 2.15. The summed E-state index contributed by atoms with van der Waals surface area (Å²) in [5, 5.41) is 3.22. The number of aryl methyl sites for hydroxylation is 1. The maximum Gasteiger partial charge on any atom is 0.224 e. The van der Waals surface area contributed by atoms with Crippen molar-refractivity contribution >= 4 is 5.91 Å². The summed E-state index contributed by atoms with van der Waals surface area (Å²) < 4.78 is 0. The largest absolute Gasteiger partial charge is 0.353 e. The van der Waals surface area contributed by atoms with Gasteiger partial charge in [-0.1, -0.05) is 63.3 Å². The Morgan fingerprint density at radius 1 is 1.00 bits per heavy atom. The minimum Gasteiger partial charge on any atom is -0.353 e. The van der Waals surface area contributed by atoms with E-state index in [9.17, 15) is 4.79 Å². The monoisotopic (exact) mass is 273 g/mol. The van der Waals surface area contributed by atoms with E-state index in [0.29, 0.717) is 12.5 Å². The number of hydrogen-bond acceptors (Lipinski definition) is 1. The summed E-state index contributed by atoms with van der Waals surface area (Å²) in [4.78, 5) is 12.1. The van der Waals surface area contributed by atoms with E-state index in [4.69, 9.17) is 0 Å². The van der Waals surface area contributed by atoms with Crippen LogP contribution in [0.5, 0.6) is 0 Å². The van der Waals surface area contributed by atoms with Crippen LogP contribution in [0.4, 0.5) is 0 Å². The number of carbonyl (C=O) groups is 1. The van der Waals surface area contributed by atoms with E-state index < -0.39 is 0 Å². The Morgan fingerprint density at radius 2 is 1.55 bits per heavy atom. The molecule has 1 N–H and O–H groups in total. The summed E-state index contributed by atoms with van der Waals surface area (Å²) in [7, 11) is 0. The molecule has 0 bridgehead atoms. The van der Waals surface area contributed by atoms with Gasteiger partial charge < -0.3 is 5.32 Å². The SMILES string of the molecule is CCc1ccc(CC(=O)NC2CCCCCCC2)cc1. The highest BCUT2D eigenvalue weighted by Gasteiger charge is 2.14. The molecule has 2 rings (SSSR count). The number of amides is 1. The summed E-state index contributed by atoms with van der Waals surface area (Å²) in [5.74, 6) is 0.180. The molecule has 1 aliphatic carbocycles. The predicted molar refractivity (Wildman–Crippen MR) is 83.8 cm³/mol. The van der Waals surface area contributed by atoms with Gasteiger partial charge in [0.15, 0.2) is 0 Å². The van der Waals surface area contributed by atoms with Gasteiger partial charge in [0.2, 0.25) is 5.91 Å². The second kappa shape index (κ2) is 8.08. The molecule has 0 aliphatic heterocycles. The summed E-state index contributed by atoms with van der Waals surface area (Å²) in [6.07, 6.45) is 10.4. The lowest BCUT2D eigenvalue weighted by Crippen LogP contribution is -2.36. The Balaban J connectivity index is 1.81. The van der Waals surface area contributed by atoms with Crippen molar-refractivity contribution in [2.75, 3.05) is 0 Å². The van der Waals surface area contributed by atoms with Gasteiger partial charge in [-0.3, -0.25) is 4.79 Å². The molecule has 1 fully saturated rings. The zero-order valence-electron chi connectivity index (χ0n) is 12.7. The molecule has 20 heavy (non-hydrogen) atoms. The van der Waals surface area contributed by atoms with Crippen molar-refractivity contribution in [3.63, 3.8) is 0 Å². The third kappa shape index (κ3) is 4.99. The van der Waals surface area contributed by atoms with Gasteiger partial charge in [0, 0.05) is 6.04 Å². The van der Waals surface area contributed by atoms with Crippen LogP contribution in [0.25, 0.3) is 0 Å². The Hall–Kier alpha value is -1.31. The van der Waals surface area contributed by atoms with Crippen molar-refractivity contribution < 1.29 is 4.79 Å². The van der Waals surface area contributed by atoms with Crippen LogP contribution in [0.15, 0.2) is 24.3 Å². The van der Waals surface area contributed by atoms with Crippen LogP contribution in [-0.2, 0) is 17.6 Å². The molecule has 1 aromatic carbocycles. The van der Waals surface area contributed by atoms with Crippen molar-refractivity contribution in [3.8, 4) is 0 Å². The molecule has 0 saturated heterocycles. The van der Waals surface area contributed by atoms with Crippen LogP contribution >= 0.6 is 0 Å². The lowest BCUT2D eigenvalue weighted by atomic mass is 9.96. The Kier molecular flexibility index (Phi) is 6.10. The van der Waals surface area contributed by atoms with Crippen LogP contribution in [0.3, 0.4) is 0 Å². The van der Waals surface area contributed by atoms with Gasteiger partial charge in [0.05, 0.1) is 6.42 Å². The molecule has 0 radical (unpaired) electrons. The van der Waals surface area contributed by atoms with Crippen LogP contribution < -0.4 is 5.32 Å². The maximum atomic E-state index is 12.1. The first-order chi connectivity index (χ1) is 9.78. The van der Waals surface area contributed by atoms with Crippen LogP contribution in [0.1, 0.15) is 63.0 Å². The fourth-order valence-corrected chi connectivity index (χ4v) is 2.96. The zero-order chi connectivity index (χ0) is 14.2. The first-order valence-electron chi connectivity index (χ1n) is 8.15. The van der Waals surface area contributed by atoms with Gasteiger partial charge in [-0.15, -0.1) is 0 Å². The molecule has 1 amide bonds. The summed E-state index contributed by atoms with van der Waals surface area (Å²) in [6, 6.07) is 8.81. The summed E-state index contributed by atoms with van der Waals surface area (Å²) in [5.41, 5.74) is 2.44. The molecule has 1 saturated carbocycles. The first kappa shape index (κ1) is 15.1. The molecule has 2 heteroatoms. The normalized spacial score (nSPS) is 17.2. The van der Waals surface area contributed by atoms with Crippen LogP contribution in [0, 0.1) is 0 Å². The van der Waals surface area contributed by atoms with E-state index in [1.165, 1.54) is 37.7 Å². The van der Waals surface area contributed by atoms with E-state index in [0.717, 1.165) is 24.8 Å². The molecule has 110 valence electrons. The average Bonchev–Trinajstić information content (AvgIpc) is 2.42. The number of benzene rings is 1. The van der Waals surface area contributed by atoms with Crippen molar-refractivity contribution in [1.29, 1.82) is 0 Å². The van der Waals surface area contributed by atoms with Gasteiger partial charge in [0.1, 0.15) is 0 Å². The van der Waals surface area contributed by atoms with E-state index in [1.807, 2.05) is 0 Å². The molecule has 0 atom stereocenters. The molecule has 2 nitrogen and oxygen atoms in total. The second-order valence-corrected chi connectivity index (χ2v) is 5.96. The minimum absolute atomic E-state index is 0.180. The topological polar surface area (TPSA) is 29.1 Å². The van der Waals surface area contributed by atoms with E-state index >= 15 is 0 Å². The van der Waals surface area contributed by atoms with Crippen LogP contribution in [-0.4, -0.2) is 11.9 Å². The number of carbonyl (C=O) groups excluding carboxylic acids is 1. The predicted octanol–water partition coefficient (Wildman–Crippen LogP) is 4.02.